The molecule has 1 amide bonds. The van der Waals surface area contributed by atoms with Crippen molar-refractivity contribution in [3.05, 3.63) is 59.4 Å². The number of hydrogen-bond donors (Lipinski definition) is 1. The van der Waals surface area contributed by atoms with Crippen LogP contribution in [0.4, 0.5) is 13.2 Å². The van der Waals surface area contributed by atoms with Gasteiger partial charge in [0.2, 0.25) is 0 Å². The van der Waals surface area contributed by atoms with Crippen molar-refractivity contribution in [3.63, 3.8) is 0 Å². The second-order valence-electron chi connectivity index (χ2n) is 8.87. The smallest absolute Gasteiger partial charge is 0.348 e. The Bertz CT molecular complexity index is 1340. The minimum atomic E-state index is -4.79. The van der Waals surface area contributed by atoms with Crippen LogP contribution in [0.5, 0.6) is 0 Å². The Morgan fingerprint density at radius 1 is 1.08 bits per heavy atom. The standard InChI is InChI=1S/C23H25F3N6O3S/c1-15-3-5-17(6-4-15)18-11-19(13-20(12-18)32-22(23(24,25)26)28-29-30-32)21(33)27-16(2)14-31-7-9-36(34,35)10-8-31/h3-6,11-13,16H,7-10,14H2,1-2H3,(H,27,33)/t16-/m1/s1. The molecule has 0 aliphatic carbocycles. The molecule has 2 aromatic carbocycles. The summed E-state index contributed by atoms with van der Waals surface area (Å²) in [6.07, 6.45) is -4.79. The molecule has 1 atom stereocenters. The normalized spacial score (nSPS) is 17.0. The molecule has 1 N–H and O–H groups in total. The number of benzene rings is 2. The van der Waals surface area contributed by atoms with E-state index in [1.54, 1.807) is 13.0 Å². The predicted molar refractivity (Wildman–Crippen MR) is 126 cm³/mol. The number of nitrogens with zero attached hydrogens (tertiary/aromatic N) is 5. The van der Waals surface area contributed by atoms with Gasteiger partial charge in [0.25, 0.3) is 11.7 Å². The third-order valence-corrected chi connectivity index (χ3v) is 7.49. The van der Waals surface area contributed by atoms with Gasteiger partial charge in [-0.15, -0.1) is 5.10 Å². The molecule has 1 saturated heterocycles. The first-order valence-electron chi connectivity index (χ1n) is 11.2. The van der Waals surface area contributed by atoms with E-state index in [1.165, 1.54) is 12.1 Å². The Morgan fingerprint density at radius 2 is 1.75 bits per heavy atom. The first-order chi connectivity index (χ1) is 16.9. The Morgan fingerprint density at radius 3 is 2.39 bits per heavy atom. The number of carbonyl (C=O) groups excluding carboxylic acids is 1. The summed E-state index contributed by atoms with van der Waals surface area (Å²) in [4.78, 5) is 15.1. The number of halogens is 3. The maximum Gasteiger partial charge on any atom is 0.453 e. The molecule has 1 aliphatic heterocycles. The largest absolute Gasteiger partial charge is 0.453 e. The minimum Gasteiger partial charge on any atom is -0.348 e. The second kappa shape index (κ2) is 9.97. The van der Waals surface area contributed by atoms with Crippen LogP contribution in [-0.4, -0.2) is 76.6 Å². The lowest BCUT2D eigenvalue weighted by molar-refractivity contribution is -0.146. The summed E-state index contributed by atoms with van der Waals surface area (Å²) in [5, 5.41) is 12.6. The summed E-state index contributed by atoms with van der Waals surface area (Å²) in [5.41, 5.74) is 2.37. The molecule has 0 radical (unpaired) electrons. The maximum absolute atomic E-state index is 13.5. The quantitative estimate of drug-likeness (QED) is 0.530. The number of aryl methyl sites for hydroxylation is 1. The molecule has 0 unspecified atom stereocenters. The molecule has 192 valence electrons. The summed E-state index contributed by atoms with van der Waals surface area (Å²) >= 11 is 0. The fourth-order valence-electron chi connectivity index (χ4n) is 3.99. The Labute approximate surface area is 206 Å². The van der Waals surface area contributed by atoms with E-state index in [4.69, 9.17) is 0 Å². The van der Waals surface area contributed by atoms with Crippen LogP contribution in [0.15, 0.2) is 42.5 Å². The van der Waals surface area contributed by atoms with Gasteiger partial charge < -0.3 is 5.32 Å². The molecule has 3 aromatic rings. The van der Waals surface area contributed by atoms with E-state index in [2.05, 4.69) is 20.8 Å². The van der Waals surface area contributed by atoms with Crippen LogP contribution in [0.25, 0.3) is 16.8 Å². The van der Waals surface area contributed by atoms with E-state index in [-0.39, 0.29) is 28.8 Å². The van der Waals surface area contributed by atoms with Crippen LogP contribution in [0.1, 0.15) is 28.7 Å². The Kier molecular flexibility index (Phi) is 7.14. The lowest BCUT2D eigenvalue weighted by Gasteiger charge is -2.29. The van der Waals surface area contributed by atoms with Gasteiger partial charge in [-0.1, -0.05) is 29.8 Å². The van der Waals surface area contributed by atoms with E-state index >= 15 is 0 Å². The highest BCUT2D eigenvalue weighted by Gasteiger charge is 2.38. The number of tetrazole rings is 1. The first kappa shape index (κ1) is 25.8. The number of nitrogens with one attached hydrogen (secondary N) is 1. The van der Waals surface area contributed by atoms with Crippen LogP contribution < -0.4 is 5.32 Å². The van der Waals surface area contributed by atoms with Gasteiger partial charge in [0.15, 0.2) is 9.84 Å². The molecule has 9 nitrogen and oxygen atoms in total. The highest BCUT2D eigenvalue weighted by atomic mass is 32.2. The number of amides is 1. The predicted octanol–water partition coefficient (Wildman–Crippen LogP) is 2.51. The number of rotatable bonds is 6. The zero-order chi connectivity index (χ0) is 26.1. The van der Waals surface area contributed by atoms with Gasteiger partial charge in [-0.05, 0) is 53.6 Å². The van der Waals surface area contributed by atoms with Crippen molar-refractivity contribution in [2.24, 2.45) is 0 Å². The monoisotopic (exact) mass is 522 g/mol. The summed E-state index contributed by atoms with van der Waals surface area (Å²) < 4.78 is 64.2. The lowest BCUT2D eigenvalue weighted by atomic mass is 10.0. The van der Waals surface area contributed by atoms with E-state index in [1.807, 2.05) is 36.1 Å². The Hall–Kier alpha value is -3.32. The van der Waals surface area contributed by atoms with Crippen LogP contribution in [0.3, 0.4) is 0 Å². The number of aromatic nitrogens is 4. The van der Waals surface area contributed by atoms with Crippen LogP contribution in [0, 0.1) is 6.92 Å². The number of carbonyl (C=O) groups is 1. The Balaban J connectivity index is 1.62. The van der Waals surface area contributed by atoms with E-state index in [0.29, 0.717) is 35.4 Å². The van der Waals surface area contributed by atoms with E-state index in [0.717, 1.165) is 5.56 Å². The second-order valence-corrected chi connectivity index (χ2v) is 11.2. The molecule has 1 aromatic heterocycles. The molecular formula is C23H25F3N6O3S. The molecule has 36 heavy (non-hydrogen) atoms. The van der Waals surface area contributed by atoms with E-state index < -0.39 is 27.7 Å². The van der Waals surface area contributed by atoms with Crippen molar-refractivity contribution in [2.75, 3.05) is 31.1 Å². The summed E-state index contributed by atoms with van der Waals surface area (Å²) in [5.74, 6) is -1.64. The molecule has 4 rings (SSSR count). The van der Waals surface area contributed by atoms with Crippen LogP contribution in [0.2, 0.25) is 0 Å². The zero-order valence-electron chi connectivity index (χ0n) is 19.7. The topological polar surface area (TPSA) is 110 Å². The highest BCUT2D eigenvalue weighted by Crippen LogP contribution is 2.30. The van der Waals surface area contributed by atoms with E-state index in [9.17, 15) is 26.4 Å². The van der Waals surface area contributed by atoms with Gasteiger partial charge >= 0.3 is 6.18 Å². The molecule has 0 spiro atoms. The molecule has 13 heteroatoms. The highest BCUT2D eigenvalue weighted by molar-refractivity contribution is 7.91. The third kappa shape index (κ3) is 6.08. The number of sulfone groups is 1. The van der Waals surface area contributed by atoms with Gasteiger partial charge in [0.1, 0.15) is 0 Å². The number of alkyl halides is 3. The van der Waals surface area contributed by atoms with Crippen molar-refractivity contribution in [3.8, 4) is 16.8 Å². The van der Waals surface area contributed by atoms with Crippen molar-refractivity contribution in [2.45, 2.75) is 26.1 Å². The molecule has 1 aliphatic rings. The average molecular weight is 523 g/mol. The SMILES string of the molecule is Cc1ccc(-c2cc(C(=O)N[C@H](C)CN3CCS(=O)(=O)CC3)cc(-n3nnnc3C(F)(F)F)c2)cc1. The van der Waals surface area contributed by atoms with Crippen LogP contribution >= 0.6 is 0 Å². The molecule has 2 heterocycles. The summed E-state index contributed by atoms with van der Waals surface area (Å²) in [6.45, 7) is 4.91. The molecular weight excluding hydrogens is 497 g/mol. The molecule has 0 bridgehead atoms. The summed E-state index contributed by atoms with van der Waals surface area (Å²) in [6, 6.07) is 11.4. The van der Waals surface area contributed by atoms with Crippen molar-refractivity contribution in [1.29, 1.82) is 0 Å². The fourth-order valence-corrected chi connectivity index (χ4v) is 5.26. The summed E-state index contributed by atoms with van der Waals surface area (Å²) in [7, 11) is -3.02. The molecule has 1 fully saturated rings. The zero-order valence-corrected chi connectivity index (χ0v) is 20.5. The maximum atomic E-state index is 13.5. The van der Waals surface area contributed by atoms with Gasteiger partial charge in [-0.3, -0.25) is 9.69 Å². The first-order valence-corrected chi connectivity index (χ1v) is 13.1. The third-order valence-electron chi connectivity index (χ3n) is 5.88. The lowest BCUT2D eigenvalue weighted by Crippen LogP contribution is -2.47. The van der Waals surface area contributed by atoms with Gasteiger partial charge in [-0.25, -0.2) is 8.42 Å². The average Bonchev–Trinajstić information content (AvgIpc) is 3.31. The van der Waals surface area contributed by atoms with Crippen molar-refractivity contribution < 1.29 is 26.4 Å². The number of hydrogen-bond acceptors (Lipinski definition) is 7. The fraction of sp³-hybridized carbons (Fsp3) is 0.391. The van der Waals surface area contributed by atoms with Gasteiger partial charge in [0.05, 0.1) is 17.2 Å². The molecule has 0 saturated carbocycles. The minimum absolute atomic E-state index is 0.00978. The van der Waals surface area contributed by atoms with Crippen molar-refractivity contribution in [1.82, 2.24) is 30.4 Å². The van der Waals surface area contributed by atoms with Gasteiger partial charge in [0, 0.05) is 31.2 Å². The van der Waals surface area contributed by atoms with Gasteiger partial charge in [-0.2, -0.15) is 17.9 Å². The van der Waals surface area contributed by atoms with Crippen molar-refractivity contribution >= 4 is 15.7 Å². The van der Waals surface area contributed by atoms with Crippen LogP contribution in [-0.2, 0) is 16.0 Å².